The van der Waals surface area contributed by atoms with Crippen molar-refractivity contribution in [3.05, 3.63) is 11.6 Å². The SMILES string of the molecule is CC[Si](CC)(CC)O[C@@H]1C[C@@H]2CCCCN2C/C1=C\C[Si](C)(C)C. The van der Waals surface area contributed by atoms with Crippen molar-refractivity contribution in [1.82, 2.24) is 4.90 Å². The number of hydrogen-bond acceptors (Lipinski definition) is 2. The fraction of sp³-hybridized carbons (Fsp3) is 0.900. The van der Waals surface area contributed by atoms with Gasteiger partial charge in [-0.1, -0.05) is 52.9 Å². The largest absolute Gasteiger partial charge is 0.410 e. The van der Waals surface area contributed by atoms with Gasteiger partial charge in [0.2, 0.25) is 0 Å². The second-order valence-electron chi connectivity index (χ2n) is 9.25. The lowest BCUT2D eigenvalue weighted by molar-refractivity contribution is 0.0676. The smallest absolute Gasteiger partial charge is 0.192 e. The van der Waals surface area contributed by atoms with Gasteiger partial charge in [0, 0.05) is 20.7 Å². The molecule has 4 heteroatoms. The van der Waals surface area contributed by atoms with Crippen molar-refractivity contribution in [3.8, 4) is 0 Å². The van der Waals surface area contributed by atoms with E-state index >= 15 is 0 Å². The minimum atomic E-state index is -1.53. The Hall–Kier alpha value is 0.0938. The Labute approximate surface area is 153 Å². The zero-order chi connectivity index (χ0) is 17.8. The van der Waals surface area contributed by atoms with Crippen LogP contribution < -0.4 is 0 Å². The molecule has 2 heterocycles. The van der Waals surface area contributed by atoms with Crippen molar-refractivity contribution in [3.63, 3.8) is 0 Å². The van der Waals surface area contributed by atoms with Gasteiger partial charge in [0.15, 0.2) is 8.32 Å². The molecule has 0 bridgehead atoms. The molecule has 2 atom stereocenters. The van der Waals surface area contributed by atoms with E-state index in [1.807, 2.05) is 0 Å². The first kappa shape index (κ1) is 20.4. The standard InChI is InChI=1S/C20H41NOSi2/c1-7-24(8-2,9-3)22-20-16-19-12-10-11-14-21(19)17-18(20)13-15-23(4,5)6/h13,19-20H,7-12,14-17H2,1-6H3/b18-13+/t19-,20+/m0/s1. The molecule has 2 saturated heterocycles. The monoisotopic (exact) mass is 367 g/mol. The first-order valence-electron chi connectivity index (χ1n) is 10.4. The number of nitrogens with zero attached hydrogens (tertiary/aromatic N) is 1. The number of fused-ring (bicyclic) bond motifs is 1. The fourth-order valence-electron chi connectivity index (χ4n) is 4.33. The third-order valence-electron chi connectivity index (χ3n) is 6.34. The summed E-state index contributed by atoms with van der Waals surface area (Å²) in [7, 11) is -2.56. The highest BCUT2D eigenvalue weighted by molar-refractivity contribution is 6.76. The fourth-order valence-corrected chi connectivity index (χ4v) is 8.05. The number of allylic oxidation sites excluding steroid dienone is 1. The molecule has 2 fully saturated rings. The molecule has 0 aromatic heterocycles. The van der Waals surface area contributed by atoms with Gasteiger partial charge in [-0.2, -0.15) is 0 Å². The van der Waals surface area contributed by atoms with E-state index in [0.29, 0.717) is 6.10 Å². The van der Waals surface area contributed by atoms with Gasteiger partial charge in [0.1, 0.15) is 0 Å². The Morgan fingerprint density at radius 1 is 1.08 bits per heavy atom. The van der Waals surface area contributed by atoms with Crippen molar-refractivity contribution >= 4 is 16.4 Å². The van der Waals surface area contributed by atoms with E-state index in [4.69, 9.17) is 4.43 Å². The molecule has 0 amide bonds. The van der Waals surface area contributed by atoms with Crippen LogP contribution in [0.3, 0.4) is 0 Å². The van der Waals surface area contributed by atoms with Gasteiger partial charge in [-0.15, -0.1) is 0 Å². The van der Waals surface area contributed by atoms with Crippen molar-refractivity contribution in [2.24, 2.45) is 0 Å². The molecule has 24 heavy (non-hydrogen) atoms. The van der Waals surface area contributed by atoms with Gasteiger partial charge >= 0.3 is 0 Å². The molecule has 0 aromatic carbocycles. The summed E-state index contributed by atoms with van der Waals surface area (Å²) in [6.45, 7) is 17.0. The lowest BCUT2D eigenvalue weighted by atomic mass is 9.89. The van der Waals surface area contributed by atoms with Crippen LogP contribution in [0.1, 0.15) is 46.5 Å². The maximum atomic E-state index is 7.01. The number of rotatable bonds is 7. The average Bonchev–Trinajstić information content (AvgIpc) is 2.57. The van der Waals surface area contributed by atoms with E-state index < -0.39 is 16.4 Å². The van der Waals surface area contributed by atoms with Crippen LogP contribution >= 0.6 is 0 Å². The summed E-state index contributed by atoms with van der Waals surface area (Å²) in [5.74, 6) is 0. The maximum Gasteiger partial charge on any atom is 0.192 e. The van der Waals surface area contributed by atoms with Crippen molar-refractivity contribution in [1.29, 1.82) is 0 Å². The zero-order valence-electron chi connectivity index (χ0n) is 17.2. The van der Waals surface area contributed by atoms with Gasteiger partial charge in [0.25, 0.3) is 0 Å². The number of piperidine rings is 2. The molecule has 2 aliphatic heterocycles. The van der Waals surface area contributed by atoms with E-state index in [-0.39, 0.29) is 0 Å². The van der Waals surface area contributed by atoms with Crippen LogP contribution in [0.2, 0.25) is 43.8 Å². The summed E-state index contributed by atoms with van der Waals surface area (Å²) in [4.78, 5) is 2.76. The third-order valence-corrected chi connectivity index (χ3v) is 12.4. The summed E-state index contributed by atoms with van der Waals surface area (Å²) in [5.41, 5.74) is 1.63. The summed E-state index contributed by atoms with van der Waals surface area (Å²) < 4.78 is 7.01. The predicted octanol–water partition coefficient (Wildman–Crippen LogP) is 5.90. The van der Waals surface area contributed by atoms with Crippen molar-refractivity contribution in [2.75, 3.05) is 13.1 Å². The van der Waals surface area contributed by atoms with Gasteiger partial charge in [-0.25, -0.2) is 0 Å². The molecule has 2 nitrogen and oxygen atoms in total. The predicted molar refractivity (Wildman–Crippen MR) is 112 cm³/mol. The first-order valence-corrected chi connectivity index (χ1v) is 16.7. The molecule has 2 aliphatic rings. The Morgan fingerprint density at radius 3 is 2.33 bits per heavy atom. The molecule has 0 unspecified atom stereocenters. The van der Waals surface area contributed by atoms with Gasteiger partial charge in [0.05, 0.1) is 6.10 Å². The number of hydrogen-bond donors (Lipinski definition) is 0. The molecular formula is C20H41NOSi2. The topological polar surface area (TPSA) is 12.5 Å². The van der Waals surface area contributed by atoms with E-state index in [9.17, 15) is 0 Å². The molecular weight excluding hydrogens is 326 g/mol. The molecule has 2 rings (SSSR count). The van der Waals surface area contributed by atoms with E-state index in [2.05, 4.69) is 51.4 Å². The second kappa shape index (κ2) is 8.65. The normalized spacial score (nSPS) is 28.2. The molecule has 0 aliphatic carbocycles. The Kier molecular flexibility index (Phi) is 7.36. The highest BCUT2D eigenvalue weighted by Crippen LogP contribution is 2.35. The lowest BCUT2D eigenvalue weighted by Gasteiger charge is -2.46. The average molecular weight is 368 g/mol. The zero-order valence-corrected chi connectivity index (χ0v) is 19.2. The van der Waals surface area contributed by atoms with Crippen LogP contribution in [0.5, 0.6) is 0 Å². The van der Waals surface area contributed by atoms with Gasteiger partial charge < -0.3 is 4.43 Å². The lowest BCUT2D eigenvalue weighted by Crippen LogP contribution is -2.52. The summed E-state index contributed by atoms with van der Waals surface area (Å²) in [6, 6.07) is 5.90. The molecule has 0 saturated carbocycles. The van der Waals surface area contributed by atoms with Crippen LogP contribution in [0.4, 0.5) is 0 Å². The van der Waals surface area contributed by atoms with E-state index in [0.717, 1.165) is 6.04 Å². The molecule has 140 valence electrons. The Morgan fingerprint density at radius 2 is 1.75 bits per heavy atom. The van der Waals surface area contributed by atoms with Gasteiger partial charge in [-0.3, -0.25) is 4.90 Å². The van der Waals surface area contributed by atoms with Crippen LogP contribution in [0.25, 0.3) is 0 Å². The van der Waals surface area contributed by atoms with Crippen LogP contribution in [-0.2, 0) is 4.43 Å². The first-order chi connectivity index (χ1) is 11.3. The van der Waals surface area contributed by atoms with E-state index in [1.54, 1.807) is 5.57 Å². The molecule has 0 aromatic rings. The van der Waals surface area contributed by atoms with Gasteiger partial charge in [-0.05, 0) is 55.6 Å². The highest BCUT2D eigenvalue weighted by Gasteiger charge is 2.39. The Balaban J connectivity index is 2.18. The molecule has 0 N–H and O–H groups in total. The second-order valence-corrected chi connectivity index (χ2v) is 19.5. The highest BCUT2D eigenvalue weighted by atomic mass is 28.4. The minimum Gasteiger partial charge on any atom is -0.410 e. The maximum absolute atomic E-state index is 7.01. The van der Waals surface area contributed by atoms with Crippen molar-refractivity contribution < 1.29 is 4.43 Å². The third kappa shape index (κ3) is 5.29. The summed E-state index contributed by atoms with van der Waals surface area (Å²) in [6.07, 6.45) is 8.47. The quantitative estimate of drug-likeness (QED) is 0.410. The summed E-state index contributed by atoms with van der Waals surface area (Å²) >= 11 is 0. The van der Waals surface area contributed by atoms with E-state index in [1.165, 1.54) is 62.9 Å². The molecule has 0 radical (unpaired) electrons. The van der Waals surface area contributed by atoms with Crippen LogP contribution in [0, 0.1) is 0 Å². The van der Waals surface area contributed by atoms with Crippen LogP contribution in [-0.4, -0.2) is 46.5 Å². The van der Waals surface area contributed by atoms with Crippen molar-refractivity contribution in [2.45, 2.75) is 102 Å². The molecule has 0 spiro atoms. The Bertz CT molecular complexity index is 418. The van der Waals surface area contributed by atoms with Crippen LogP contribution in [0.15, 0.2) is 11.6 Å². The minimum absolute atomic E-state index is 0.423. The summed E-state index contributed by atoms with van der Waals surface area (Å²) in [5, 5.41) is 0.